The van der Waals surface area contributed by atoms with Gasteiger partial charge in [-0.25, -0.2) is 9.78 Å². The van der Waals surface area contributed by atoms with Crippen LogP contribution in [0.3, 0.4) is 0 Å². The van der Waals surface area contributed by atoms with Crippen LogP contribution in [0.25, 0.3) is 0 Å². The summed E-state index contributed by atoms with van der Waals surface area (Å²) in [5.41, 5.74) is 1.48. The zero-order valence-corrected chi connectivity index (χ0v) is 14.1. The van der Waals surface area contributed by atoms with Gasteiger partial charge in [-0.2, -0.15) is 0 Å². The number of hydrogen-bond acceptors (Lipinski definition) is 5. The van der Waals surface area contributed by atoms with Crippen LogP contribution in [0.5, 0.6) is 17.4 Å². The van der Waals surface area contributed by atoms with Crippen molar-refractivity contribution in [3.05, 3.63) is 42.1 Å². The summed E-state index contributed by atoms with van der Waals surface area (Å²) < 4.78 is 15.5. The number of carbonyl (C=O) groups is 1. The smallest absolute Gasteiger partial charge is 0.319 e. The lowest BCUT2D eigenvalue weighted by Crippen LogP contribution is -2.31. The van der Waals surface area contributed by atoms with E-state index in [0.717, 1.165) is 5.56 Å². The van der Waals surface area contributed by atoms with Crippen molar-refractivity contribution in [2.75, 3.05) is 26.6 Å². The van der Waals surface area contributed by atoms with Gasteiger partial charge in [0.1, 0.15) is 0 Å². The van der Waals surface area contributed by atoms with Gasteiger partial charge >= 0.3 is 6.03 Å². The molecule has 0 saturated heterocycles. The van der Waals surface area contributed by atoms with Gasteiger partial charge < -0.3 is 24.8 Å². The van der Waals surface area contributed by atoms with E-state index in [1.54, 1.807) is 32.4 Å². The fraction of sp³-hybridized carbons (Fsp3) is 0.294. The number of rotatable bonds is 6. The maximum absolute atomic E-state index is 12.1. The molecule has 1 atom stereocenters. The molecule has 2 amide bonds. The van der Waals surface area contributed by atoms with Crippen LogP contribution in [0.1, 0.15) is 18.5 Å². The summed E-state index contributed by atoms with van der Waals surface area (Å²) in [5, 5.41) is 5.58. The van der Waals surface area contributed by atoms with Crippen LogP contribution in [0, 0.1) is 0 Å². The fourth-order valence-corrected chi connectivity index (χ4v) is 2.14. The first kappa shape index (κ1) is 17.4. The standard InChI is InChI=1S/C17H21N3O4/c1-11(12-5-7-14(22-2)15(9-12)23-3)19-17(21)20-13-6-8-16(24-4)18-10-13/h5-11H,1-4H3,(H2,19,20,21)/t11-/m0/s1. The van der Waals surface area contributed by atoms with Gasteiger partial charge in [0.15, 0.2) is 11.5 Å². The summed E-state index contributed by atoms with van der Waals surface area (Å²) in [4.78, 5) is 16.1. The first-order valence-electron chi connectivity index (χ1n) is 7.37. The molecule has 0 aliphatic rings. The van der Waals surface area contributed by atoms with Gasteiger partial charge in [0, 0.05) is 6.07 Å². The molecule has 128 valence electrons. The molecule has 1 aromatic carbocycles. The molecule has 0 unspecified atom stereocenters. The predicted octanol–water partition coefficient (Wildman–Crippen LogP) is 2.99. The van der Waals surface area contributed by atoms with Crippen LogP contribution in [0.4, 0.5) is 10.5 Å². The van der Waals surface area contributed by atoms with E-state index in [9.17, 15) is 4.79 Å². The molecule has 0 aliphatic carbocycles. The third kappa shape index (κ3) is 4.28. The molecule has 1 aromatic heterocycles. The predicted molar refractivity (Wildman–Crippen MR) is 90.9 cm³/mol. The molecule has 0 bridgehead atoms. The first-order valence-corrected chi connectivity index (χ1v) is 7.37. The van der Waals surface area contributed by atoms with E-state index in [1.165, 1.54) is 13.3 Å². The molecular formula is C17H21N3O4. The average Bonchev–Trinajstić information content (AvgIpc) is 2.61. The maximum atomic E-state index is 12.1. The fourth-order valence-electron chi connectivity index (χ4n) is 2.14. The van der Waals surface area contributed by atoms with Gasteiger partial charge in [-0.1, -0.05) is 6.07 Å². The summed E-state index contributed by atoms with van der Waals surface area (Å²) in [7, 11) is 4.69. The molecule has 0 saturated carbocycles. The number of amides is 2. The molecule has 7 heteroatoms. The second kappa shape index (κ2) is 8.05. The van der Waals surface area contributed by atoms with Gasteiger partial charge in [-0.15, -0.1) is 0 Å². The third-order valence-electron chi connectivity index (χ3n) is 3.46. The first-order chi connectivity index (χ1) is 11.6. The summed E-state index contributed by atoms with van der Waals surface area (Å²) >= 11 is 0. The number of benzene rings is 1. The monoisotopic (exact) mass is 331 g/mol. The number of carbonyl (C=O) groups excluding carboxylic acids is 1. The lowest BCUT2D eigenvalue weighted by atomic mass is 10.1. The number of ether oxygens (including phenoxy) is 3. The van der Waals surface area contributed by atoms with Crippen molar-refractivity contribution in [3.8, 4) is 17.4 Å². The van der Waals surface area contributed by atoms with Crippen LogP contribution < -0.4 is 24.8 Å². The van der Waals surface area contributed by atoms with E-state index < -0.39 is 0 Å². The van der Waals surface area contributed by atoms with Crippen LogP contribution in [0.15, 0.2) is 36.5 Å². The Morgan fingerprint density at radius 1 is 1.04 bits per heavy atom. The van der Waals surface area contributed by atoms with Crippen LogP contribution >= 0.6 is 0 Å². The molecule has 0 aliphatic heterocycles. The van der Waals surface area contributed by atoms with Crippen LogP contribution in [-0.4, -0.2) is 32.3 Å². The molecular weight excluding hydrogens is 310 g/mol. The van der Waals surface area contributed by atoms with Crippen molar-refractivity contribution in [2.45, 2.75) is 13.0 Å². The molecule has 0 radical (unpaired) electrons. The van der Waals surface area contributed by atoms with E-state index in [1.807, 2.05) is 19.1 Å². The Morgan fingerprint density at radius 2 is 1.79 bits per heavy atom. The topological polar surface area (TPSA) is 81.7 Å². The zero-order valence-electron chi connectivity index (χ0n) is 14.1. The Morgan fingerprint density at radius 3 is 2.38 bits per heavy atom. The van der Waals surface area contributed by atoms with Crippen molar-refractivity contribution in [1.82, 2.24) is 10.3 Å². The highest BCUT2D eigenvalue weighted by Gasteiger charge is 2.13. The minimum atomic E-state index is -0.329. The molecule has 24 heavy (non-hydrogen) atoms. The van der Waals surface area contributed by atoms with E-state index in [2.05, 4.69) is 15.6 Å². The van der Waals surface area contributed by atoms with E-state index in [4.69, 9.17) is 14.2 Å². The van der Waals surface area contributed by atoms with Gasteiger partial charge in [0.25, 0.3) is 0 Å². The normalized spacial score (nSPS) is 11.3. The van der Waals surface area contributed by atoms with Gasteiger partial charge in [-0.3, -0.25) is 0 Å². The molecule has 7 nitrogen and oxygen atoms in total. The Kier molecular flexibility index (Phi) is 5.83. The van der Waals surface area contributed by atoms with Crippen molar-refractivity contribution in [3.63, 3.8) is 0 Å². The third-order valence-corrected chi connectivity index (χ3v) is 3.46. The Labute approximate surface area is 140 Å². The number of hydrogen-bond donors (Lipinski definition) is 2. The van der Waals surface area contributed by atoms with Crippen molar-refractivity contribution < 1.29 is 19.0 Å². The van der Waals surface area contributed by atoms with E-state index in [-0.39, 0.29) is 12.1 Å². The van der Waals surface area contributed by atoms with Gasteiger partial charge in [0.05, 0.1) is 39.3 Å². The molecule has 2 rings (SSSR count). The quantitative estimate of drug-likeness (QED) is 0.850. The maximum Gasteiger partial charge on any atom is 0.319 e. The van der Waals surface area contributed by atoms with Crippen molar-refractivity contribution in [1.29, 1.82) is 0 Å². The molecule has 1 heterocycles. The molecule has 2 N–H and O–H groups in total. The lowest BCUT2D eigenvalue weighted by Gasteiger charge is -2.17. The number of nitrogens with zero attached hydrogens (tertiary/aromatic N) is 1. The minimum Gasteiger partial charge on any atom is -0.493 e. The number of pyridine rings is 1. The molecule has 0 spiro atoms. The highest BCUT2D eigenvalue weighted by atomic mass is 16.5. The van der Waals surface area contributed by atoms with Crippen LogP contribution in [0.2, 0.25) is 0 Å². The SMILES string of the molecule is COc1ccc(NC(=O)N[C@@H](C)c2ccc(OC)c(OC)c2)cn1. The summed E-state index contributed by atoms with van der Waals surface area (Å²) in [6, 6.07) is 8.36. The second-order valence-corrected chi connectivity index (χ2v) is 5.02. The largest absolute Gasteiger partial charge is 0.493 e. The van der Waals surface area contributed by atoms with E-state index in [0.29, 0.717) is 23.1 Å². The summed E-state index contributed by atoms with van der Waals surface area (Å²) in [5.74, 6) is 1.74. The highest BCUT2D eigenvalue weighted by molar-refractivity contribution is 5.89. The van der Waals surface area contributed by atoms with Gasteiger partial charge in [0.2, 0.25) is 5.88 Å². The second-order valence-electron chi connectivity index (χ2n) is 5.02. The average molecular weight is 331 g/mol. The summed E-state index contributed by atoms with van der Waals surface area (Å²) in [6.45, 7) is 1.88. The minimum absolute atomic E-state index is 0.212. The van der Waals surface area contributed by atoms with Crippen LogP contribution in [-0.2, 0) is 0 Å². The Hall–Kier alpha value is -2.96. The van der Waals surface area contributed by atoms with E-state index >= 15 is 0 Å². The number of anilines is 1. The number of aromatic nitrogens is 1. The Bertz CT molecular complexity index is 689. The summed E-state index contributed by atoms with van der Waals surface area (Å²) in [6.07, 6.45) is 1.53. The molecule has 2 aromatic rings. The highest BCUT2D eigenvalue weighted by Crippen LogP contribution is 2.29. The van der Waals surface area contributed by atoms with Crippen molar-refractivity contribution >= 4 is 11.7 Å². The lowest BCUT2D eigenvalue weighted by molar-refractivity contribution is 0.249. The van der Waals surface area contributed by atoms with Gasteiger partial charge in [-0.05, 0) is 30.7 Å². The molecule has 0 fully saturated rings. The Balaban J connectivity index is 2.00. The number of methoxy groups -OCH3 is 3. The van der Waals surface area contributed by atoms with Crippen molar-refractivity contribution in [2.24, 2.45) is 0 Å². The number of urea groups is 1. The zero-order chi connectivity index (χ0) is 17.5. The number of nitrogens with one attached hydrogen (secondary N) is 2.